The Bertz CT molecular complexity index is 614. The van der Waals surface area contributed by atoms with Crippen molar-refractivity contribution in [2.24, 2.45) is 0 Å². The van der Waals surface area contributed by atoms with Gasteiger partial charge in [0.05, 0.1) is 24.9 Å². The molecular weight excluding hydrogens is 350 g/mol. The van der Waals surface area contributed by atoms with E-state index in [9.17, 15) is 0 Å². The van der Waals surface area contributed by atoms with Gasteiger partial charge in [-0.1, -0.05) is 57.5 Å². The monoisotopic (exact) mass is 389 g/mol. The van der Waals surface area contributed by atoms with Crippen LogP contribution in [0, 0.1) is 0 Å². The Balaban J connectivity index is 1.74. The molecule has 2 aliphatic rings. The number of hydrogen-bond acceptors (Lipinski definition) is 4. The Morgan fingerprint density at radius 3 is 2.43 bits per heavy atom. The minimum atomic E-state index is -0.464. The van der Waals surface area contributed by atoms with Crippen LogP contribution in [0.1, 0.15) is 78.7 Å². The highest BCUT2D eigenvalue weighted by Crippen LogP contribution is 2.51. The zero-order chi connectivity index (χ0) is 20.3. The number of nitrogens with zero attached hydrogens (tertiary/aromatic N) is 1. The Labute approximate surface area is 171 Å². The van der Waals surface area contributed by atoms with Crippen LogP contribution in [0.3, 0.4) is 0 Å². The van der Waals surface area contributed by atoms with Gasteiger partial charge in [-0.05, 0) is 45.1 Å². The average molecular weight is 390 g/mol. The van der Waals surface area contributed by atoms with Gasteiger partial charge in [-0.15, -0.1) is 0 Å². The summed E-state index contributed by atoms with van der Waals surface area (Å²) in [5.74, 6) is -0.464. The van der Waals surface area contributed by atoms with Crippen LogP contribution >= 0.6 is 0 Å². The van der Waals surface area contributed by atoms with E-state index in [0.29, 0.717) is 6.61 Å². The molecule has 4 heteroatoms. The first-order valence-electron chi connectivity index (χ1n) is 11.2. The molecule has 0 amide bonds. The Morgan fingerprint density at radius 1 is 1.07 bits per heavy atom. The summed E-state index contributed by atoms with van der Waals surface area (Å²) >= 11 is 0. The predicted molar refractivity (Wildman–Crippen MR) is 113 cm³/mol. The third-order valence-electron chi connectivity index (χ3n) is 6.58. The van der Waals surface area contributed by atoms with E-state index >= 15 is 0 Å². The van der Waals surface area contributed by atoms with Crippen molar-refractivity contribution in [1.29, 1.82) is 0 Å². The summed E-state index contributed by atoms with van der Waals surface area (Å²) in [6.07, 6.45) is 7.12. The Morgan fingerprint density at radius 2 is 1.79 bits per heavy atom. The SMILES string of the molecule is CCCC1COC2(CC(C)(C)N(OCCc3ccccc3)C(CC)(CC)C2)O1. The van der Waals surface area contributed by atoms with Gasteiger partial charge in [0, 0.05) is 18.4 Å². The Hall–Kier alpha value is -0.940. The molecule has 1 aromatic carbocycles. The molecule has 158 valence electrons. The molecule has 0 aliphatic carbocycles. The highest BCUT2D eigenvalue weighted by Gasteiger charge is 2.59. The lowest BCUT2D eigenvalue weighted by atomic mass is 9.73. The van der Waals surface area contributed by atoms with E-state index in [2.05, 4.69) is 70.0 Å². The smallest absolute Gasteiger partial charge is 0.172 e. The van der Waals surface area contributed by atoms with E-state index in [0.717, 1.165) is 51.6 Å². The molecule has 4 nitrogen and oxygen atoms in total. The van der Waals surface area contributed by atoms with Gasteiger partial charge >= 0.3 is 0 Å². The number of piperidine rings is 1. The summed E-state index contributed by atoms with van der Waals surface area (Å²) in [6.45, 7) is 12.7. The number of hydrogen-bond donors (Lipinski definition) is 0. The first-order chi connectivity index (χ1) is 13.4. The van der Waals surface area contributed by atoms with E-state index < -0.39 is 5.79 Å². The summed E-state index contributed by atoms with van der Waals surface area (Å²) in [7, 11) is 0. The molecule has 0 bridgehead atoms. The van der Waals surface area contributed by atoms with Crippen molar-refractivity contribution in [2.75, 3.05) is 13.2 Å². The van der Waals surface area contributed by atoms with Crippen molar-refractivity contribution in [2.45, 2.75) is 103 Å². The van der Waals surface area contributed by atoms with Gasteiger partial charge in [-0.3, -0.25) is 4.84 Å². The fourth-order valence-electron chi connectivity index (χ4n) is 5.27. The van der Waals surface area contributed by atoms with Gasteiger partial charge in [0.1, 0.15) is 0 Å². The zero-order valence-corrected chi connectivity index (χ0v) is 18.5. The molecule has 0 radical (unpaired) electrons. The van der Waals surface area contributed by atoms with E-state index in [4.69, 9.17) is 14.3 Å². The average Bonchev–Trinajstić information content (AvgIpc) is 3.05. The maximum Gasteiger partial charge on any atom is 0.172 e. The summed E-state index contributed by atoms with van der Waals surface area (Å²) in [5, 5.41) is 2.30. The summed E-state index contributed by atoms with van der Waals surface area (Å²) < 4.78 is 12.9. The van der Waals surface area contributed by atoms with Crippen LogP contribution in [-0.2, 0) is 20.7 Å². The number of benzene rings is 1. The zero-order valence-electron chi connectivity index (χ0n) is 18.5. The van der Waals surface area contributed by atoms with Crippen molar-refractivity contribution in [1.82, 2.24) is 5.06 Å². The molecule has 2 fully saturated rings. The lowest BCUT2D eigenvalue weighted by Gasteiger charge is -2.58. The van der Waals surface area contributed by atoms with E-state index in [1.807, 2.05) is 0 Å². The van der Waals surface area contributed by atoms with Crippen LogP contribution < -0.4 is 0 Å². The van der Waals surface area contributed by atoms with Crippen molar-refractivity contribution < 1.29 is 14.3 Å². The molecule has 3 rings (SSSR count). The topological polar surface area (TPSA) is 30.9 Å². The standard InChI is InChI=1S/C24H39NO3/c1-6-12-21-17-26-24(28-21)18-22(4,5)25(23(7-2,8-3)19-24)27-16-15-20-13-10-9-11-14-20/h9-11,13-14,21H,6-8,12,15-19H2,1-5H3. The Kier molecular flexibility index (Phi) is 6.86. The van der Waals surface area contributed by atoms with E-state index in [1.165, 1.54) is 5.56 Å². The van der Waals surface area contributed by atoms with Crippen molar-refractivity contribution in [3.63, 3.8) is 0 Å². The minimum Gasteiger partial charge on any atom is -0.347 e. The molecule has 2 atom stereocenters. The van der Waals surface area contributed by atoms with Crippen LogP contribution in [0.2, 0.25) is 0 Å². The van der Waals surface area contributed by atoms with Crippen LogP contribution in [0.4, 0.5) is 0 Å². The molecule has 2 aliphatic heterocycles. The molecular formula is C24H39NO3. The molecule has 2 heterocycles. The fourth-order valence-corrected chi connectivity index (χ4v) is 5.27. The summed E-state index contributed by atoms with van der Waals surface area (Å²) in [6, 6.07) is 10.6. The van der Waals surface area contributed by atoms with Gasteiger partial charge in [-0.25, -0.2) is 0 Å². The molecule has 2 unspecified atom stereocenters. The van der Waals surface area contributed by atoms with Crippen molar-refractivity contribution in [3.8, 4) is 0 Å². The fraction of sp³-hybridized carbons (Fsp3) is 0.750. The molecule has 28 heavy (non-hydrogen) atoms. The lowest BCUT2D eigenvalue weighted by molar-refractivity contribution is -0.345. The largest absolute Gasteiger partial charge is 0.347 e. The maximum atomic E-state index is 6.54. The van der Waals surface area contributed by atoms with Crippen molar-refractivity contribution in [3.05, 3.63) is 35.9 Å². The molecule has 2 saturated heterocycles. The second kappa shape index (κ2) is 8.83. The number of rotatable bonds is 8. The molecule has 0 N–H and O–H groups in total. The van der Waals surface area contributed by atoms with Crippen LogP contribution in [0.15, 0.2) is 30.3 Å². The van der Waals surface area contributed by atoms with Crippen LogP contribution in [-0.4, -0.2) is 41.2 Å². The first-order valence-corrected chi connectivity index (χ1v) is 11.2. The highest BCUT2D eigenvalue weighted by atomic mass is 16.7. The third kappa shape index (κ3) is 4.46. The normalized spacial score (nSPS) is 29.4. The van der Waals surface area contributed by atoms with Gasteiger partial charge < -0.3 is 9.47 Å². The second-order valence-corrected chi connectivity index (χ2v) is 9.21. The van der Waals surface area contributed by atoms with Crippen LogP contribution in [0.5, 0.6) is 0 Å². The highest BCUT2D eigenvalue weighted by molar-refractivity contribution is 5.14. The first kappa shape index (κ1) is 21.8. The van der Waals surface area contributed by atoms with Crippen LogP contribution in [0.25, 0.3) is 0 Å². The van der Waals surface area contributed by atoms with Crippen molar-refractivity contribution >= 4 is 0 Å². The summed E-state index contributed by atoms with van der Waals surface area (Å²) in [4.78, 5) is 6.50. The van der Waals surface area contributed by atoms with E-state index in [-0.39, 0.29) is 17.2 Å². The second-order valence-electron chi connectivity index (χ2n) is 9.21. The predicted octanol–water partition coefficient (Wildman–Crippen LogP) is 5.51. The third-order valence-corrected chi connectivity index (χ3v) is 6.58. The quantitative estimate of drug-likeness (QED) is 0.587. The minimum absolute atomic E-state index is 0.0699. The molecule has 1 spiro atoms. The maximum absolute atomic E-state index is 6.54. The molecule has 0 saturated carbocycles. The van der Waals surface area contributed by atoms with Gasteiger partial charge in [0.25, 0.3) is 0 Å². The van der Waals surface area contributed by atoms with Gasteiger partial charge in [0.15, 0.2) is 5.79 Å². The number of hydroxylamine groups is 2. The van der Waals surface area contributed by atoms with E-state index in [1.54, 1.807) is 0 Å². The molecule has 0 aromatic heterocycles. The van der Waals surface area contributed by atoms with Gasteiger partial charge in [-0.2, -0.15) is 5.06 Å². The van der Waals surface area contributed by atoms with Gasteiger partial charge in [0.2, 0.25) is 0 Å². The lowest BCUT2D eigenvalue weighted by Crippen LogP contribution is -2.67. The molecule has 1 aromatic rings. The number of ether oxygens (including phenoxy) is 2. The summed E-state index contributed by atoms with van der Waals surface area (Å²) in [5.41, 5.74) is 1.10.